The Morgan fingerprint density at radius 1 is 0.429 bits per heavy atom. The van der Waals surface area contributed by atoms with Crippen molar-refractivity contribution in [2.24, 2.45) is 0 Å². The largest absolute Gasteiger partial charge is 1.00 e. The van der Waals surface area contributed by atoms with Crippen molar-refractivity contribution in [2.75, 3.05) is 36.0 Å². The molecule has 2 aromatic carbocycles. The van der Waals surface area contributed by atoms with Crippen LogP contribution in [0, 0.1) is 0 Å². The molecule has 2 aliphatic rings. The highest BCUT2D eigenvalue weighted by Crippen LogP contribution is 2.19. The Labute approximate surface area is 273 Å². The van der Waals surface area contributed by atoms with E-state index in [0.717, 1.165) is 25.9 Å². The average Bonchev–Trinajstić information content (AvgIpc) is 3.74. The molecule has 0 unspecified atom stereocenters. The maximum Gasteiger partial charge on any atom is 0.173 e. The summed E-state index contributed by atoms with van der Waals surface area (Å²) in [7, 11) is 0. The summed E-state index contributed by atoms with van der Waals surface area (Å²) in [6.07, 6.45) is 18.9. The zero-order valence-electron chi connectivity index (χ0n) is 24.7. The molecule has 222 valence electrons. The van der Waals surface area contributed by atoms with Crippen LogP contribution in [0.2, 0.25) is 0 Å². The van der Waals surface area contributed by atoms with E-state index >= 15 is 0 Å². The Hall–Kier alpha value is -2.70. The molecule has 6 heteroatoms. The van der Waals surface area contributed by atoms with Crippen LogP contribution < -0.4 is 52.9 Å². The van der Waals surface area contributed by atoms with Gasteiger partial charge in [-0.1, -0.05) is 48.5 Å². The maximum atomic E-state index is 2.49. The Kier molecular flexibility index (Phi) is 12.4. The second-order valence-corrected chi connectivity index (χ2v) is 11.7. The molecule has 0 atom stereocenters. The normalized spacial score (nSPS) is 14.5. The number of unbranched alkanes of at least 4 members (excludes halogenated alkanes) is 1. The molecule has 4 heterocycles. The van der Waals surface area contributed by atoms with Crippen LogP contribution in [0.4, 0.5) is 11.4 Å². The number of pyridine rings is 2. The Bertz CT molecular complexity index is 1220. The van der Waals surface area contributed by atoms with E-state index in [9.17, 15) is 0 Å². The van der Waals surface area contributed by atoms with Crippen LogP contribution in [0.15, 0.2) is 97.6 Å². The van der Waals surface area contributed by atoms with Gasteiger partial charge < -0.3 is 43.8 Å². The molecule has 2 saturated heterocycles. The molecule has 0 bridgehead atoms. The number of rotatable bonds is 11. The van der Waals surface area contributed by atoms with Gasteiger partial charge in [0.25, 0.3) is 0 Å². The number of aromatic nitrogens is 2. The lowest BCUT2D eigenvalue weighted by atomic mass is 10.0. The van der Waals surface area contributed by atoms with Crippen LogP contribution in [-0.2, 0) is 25.9 Å². The van der Waals surface area contributed by atoms with Crippen molar-refractivity contribution in [3.63, 3.8) is 0 Å². The molecule has 0 aliphatic carbocycles. The molecule has 0 amide bonds. The second-order valence-electron chi connectivity index (χ2n) is 11.7. The smallest absolute Gasteiger partial charge is 0.173 e. The van der Waals surface area contributed by atoms with Crippen molar-refractivity contribution in [3.8, 4) is 0 Å². The van der Waals surface area contributed by atoms with Gasteiger partial charge in [-0.3, -0.25) is 0 Å². The first-order chi connectivity index (χ1) is 19.8. The van der Waals surface area contributed by atoms with Crippen molar-refractivity contribution in [2.45, 2.75) is 64.5 Å². The molecular weight excluding hydrogens is 648 g/mol. The van der Waals surface area contributed by atoms with Crippen LogP contribution in [0.25, 0.3) is 0 Å². The molecule has 0 radical (unpaired) electrons. The van der Waals surface area contributed by atoms with E-state index in [1.54, 1.807) is 0 Å². The number of benzene rings is 2. The molecule has 2 aliphatic heterocycles. The fourth-order valence-electron chi connectivity index (χ4n) is 6.18. The predicted octanol–water partition coefficient (Wildman–Crippen LogP) is 0.132. The molecule has 0 N–H and O–H groups in total. The monoisotopic (exact) mass is 690 g/mol. The zero-order valence-corrected chi connectivity index (χ0v) is 27.9. The third-order valence-corrected chi connectivity index (χ3v) is 8.65. The summed E-state index contributed by atoms with van der Waals surface area (Å²) in [4.78, 5) is 4.98. The highest BCUT2D eigenvalue weighted by Gasteiger charge is 2.14. The van der Waals surface area contributed by atoms with E-state index in [0.29, 0.717) is 0 Å². The molecule has 42 heavy (non-hydrogen) atoms. The van der Waals surface area contributed by atoms with Crippen molar-refractivity contribution in [1.82, 2.24) is 0 Å². The van der Waals surface area contributed by atoms with Crippen LogP contribution in [0.5, 0.6) is 0 Å². The van der Waals surface area contributed by atoms with Gasteiger partial charge >= 0.3 is 0 Å². The Morgan fingerprint density at radius 2 is 0.738 bits per heavy atom. The van der Waals surface area contributed by atoms with Crippen molar-refractivity contribution >= 4 is 11.4 Å². The molecule has 6 rings (SSSR count). The molecule has 2 aromatic heterocycles. The highest BCUT2D eigenvalue weighted by atomic mass is 79.9. The van der Waals surface area contributed by atoms with Gasteiger partial charge in [0, 0.05) is 72.9 Å². The van der Waals surface area contributed by atoms with Gasteiger partial charge in [0.1, 0.15) is 0 Å². The Balaban J connectivity index is 0.00000202. The summed E-state index contributed by atoms with van der Waals surface area (Å²) in [6, 6.07) is 27.5. The number of anilines is 2. The molecule has 2 fully saturated rings. The summed E-state index contributed by atoms with van der Waals surface area (Å²) in [6.45, 7) is 6.66. The second kappa shape index (κ2) is 16.2. The van der Waals surface area contributed by atoms with Crippen LogP contribution in [0.3, 0.4) is 0 Å². The Morgan fingerprint density at radius 3 is 1.07 bits per heavy atom. The first-order valence-corrected chi connectivity index (χ1v) is 15.4. The van der Waals surface area contributed by atoms with Crippen LogP contribution in [-0.4, -0.2) is 26.2 Å². The van der Waals surface area contributed by atoms with E-state index in [-0.39, 0.29) is 34.0 Å². The summed E-state index contributed by atoms with van der Waals surface area (Å²) in [5.41, 5.74) is 8.34. The summed E-state index contributed by atoms with van der Waals surface area (Å²) < 4.78 is 4.56. The average molecular weight is 693 g/mol. The number of hydrogen-bond acceptors (Lipinski definition) is 2. The quantitative estimate of drug-likeness (QED) is 0.164. The number of halogens is 2. The number of hydrogen-bond donors (Lipinski definition) is 0. The van der Waals surface area contributed by atoms with Crippen molar-refractivity contribution < 1.29 is 43.1 Å². The van der Waals surface area contributed by atoms with Gasteiger partial charge in [0.15, 0.2) is 37.9 Å². The topological polar surface area (TPSA) is 14.2 Å². The minimum atomic E-state index is 0. The van der Waals surface area contributed by atoms with E-state index in [1.165, 1.54) is 98.3 Å². The first kappa shape index (κ1) is 32.2. The van der Waals surface area contributed by atoms with E-state index < -0.39 is 0 Å². The molecule has 4 aromatic rings. The van der Waals surface area contributed by atoms with E-state index in [4.69, 9.17) is 0 Å². The molecular formula is C36H44Br2N4. The van der Waals surface area contributed by atoms with Gasteiger partial charge in [-0.15, -0.1) is 0 Å². The lowest BCUT2D eigenvalue weighted by molar-refractivity contribution is -0.688. The van der Waals surface area contributed by atoms with Crippen LogP contribution >= 0.6 is 0 Å². The molecule has 0 spiro atoms. The summed E-state index contributed by atoms with van der Waals surface area (Å²) in [5.74, 6) is 0. The van der Waals surface area contributed by atoms with Crippen molar-refractivity contribution in [3.05, 3.63) is 120 Å². The van der Waals surface area contributed by atoms with E-state index in [2.05, 4.69) is 117 Å². The lowest BCUT2D eigenvalue weighted by Gasteiger charge is -2.16. The predicted molar refractivity (Wildman–Crippen MR) is 164 cm³/mol. The third-order valence-electron chi connectivity index (χ3n) is 8.65. The molecule has 4 nitrogen and oxygen atoms in total. The number of nitrogens with zero attached hydrogens (tertiary/aromatic N) is 4. The van der Waals surface area contributed by atoms with E-state index in [1.807, 2.05) is 0 Å². The van der Waals surface area contributed by atoms with Gasteiger partial charge in [-0.25, -0.2) is 9.13 Å². The van der Waals surface area contributed by atoms with Gasteiger partial charge in [0.2, 0.25) is 0 Å². The lowest BCUT2D eigenvalue weighted by Crippen LogP contribution is -3.00. The van der Waals surface area contributed by atoms with Gasteiger partial charge in [0.05, 0.1) is 0 Å². The zero-order chi connectivity index (χ0) is 27.0. The fourth-order valence-corrected chi connectivity index (χ4v) is 6.18. The molecule has 0 saturated carbocycles. The third kappa shape index (κ3) is 8.90. The van der Waals surface area contributed by atoms with Crippen molar-refractivity contribution in [1.29, 1.82) is 0 Å². The fraction of sp³-hybridized carbons (Fsp3) is 0.389. The first-order valence-electron chi connectivity index (χ1n) is 15.4. The van der Waals surface area contributed by atoms with Gasteiger partial charge in [-0.2, -0.15) is 0 Å². The standard InChI is InChI=1S/C36H44N4.2BrH/c1(7-31-9-13-33(14-10-31)29-37-25-17-35(18-26-37)39-21-3-4-22-39)2-8-32-11-15-34(16-12-32)30-38-27-19-36(20-28-38)40-23-5-6-24-40;;/h9-20,25-28H,1-8,21-24,29-30H2;2*1H/q+2;;/p-2. The van der Waals surface area contributed by atoms with Gasteiger partial charge in [-0.05, 0) is 62.5 Å². The minimum Gasteiger partial charge on any atom is -1.00 e. The van der Waals surface area contributed by atoms with Crippen LogP contribution in [0.1, 0.15) is 60.8 Å². The summed E-state index contributed by atoms with van der Waals surface area (Å²) >= 11 is 0. The highest BCUT2D eigenvalue weighted by molar-refractivity contribution is 5.45. The number of aryl methyl sites for hydroxylation is 2. The summed E-state index contributed by atoms with van der Waals surface area (Å²) in [5, 5.41) is 0. The minimum absolute atomic E-state index is 0. The maximum absolute atomic E-state index is 2.49. The SMILES string of the molecule is [Br-].[Br-].c1cc(C[n+]2ccc(N3CCCC3)cc2)ccc1CCCCc1ccc(C[n+]2ccc(N3CCCC3)cc2)cc1.